The van der Waals surface area contributed by atoms with Crippen LogP contribution >= 0.6 is 0 Å². The Morgan fingerprint density at radius 3 is 2.48 bits per heavy atom. The van der Waals surface area contributed by atoms with Crippen molar-refractivity contribution < 1.29 is 9.47 Å². The van der Waals surface area contributed by atoms with E-state index in [0.717, 1.165) is 16.6 Å². The third-order valence-electron chi connectivity index (χ3n) is 3.76. The number of nitrogen functional groups attached to an aromatic ring is 1. The van der Waals surface area contributed by atoms with E-state index >= 15 is 0 Å². The van der Waals surface area contributed by atoms with Gasteiger partial charge in [-0.15, -0.1) is 0 Å². The van der Waals surface area contributed by atoms with Crippen molar-refractivity contribution in [3.05, 3.63) is 36.4 Å². The second-order valence-corrected chi connectivity index (χ2v) is 5.17. The third-order valence-corrected chi connectivity index (χ3v) is 3.76. The number of rotatable bonds is 3. The number of nitrogens with one attached hydrogen (secondary N) is 1. The van der Waals surface area contributed by atoms with Gasteiger partial charge in [0.25, 0.3) is 0 Å². The molecule has 0 aliphatic carbocycles. The second-order valence-electron chi connectivity index (χ2n) is 5.17. The van der Waals surface area contributed by atoms with E-state index in [1.807, 2.05) is 40.8 Å². The first-order valence-electron chi connectivity index (χ1n) is 7.05. The van der Waals surface area contributed by atoms with E-state index in [0.29, 0.717) is 28.8 Å². The maximum absolute atomic E-state index is 5.91. The summed E-state index contributed by atoms with van der Waals surface area (Å²) < 4.78 is 12.6. The van der Waals surface area contributed by atoms with E-state index in [4.69, 9.17) is 15.2 Å². The van der Waals surface area contributed by atoms with Crippen molar-refractivity contribution in [3.63, 3.8) is 0 Å². The van der Waals surface area contributed by atoms with Gasteiger partial charge in [0.05, 0.1) is 25.3 Å². The minimum absolute atomic E-state index is 0.655. The molecule has 0 amide bonds. The van der Waals surface area contributed by atoms with Crippen molar-refractivity contribution in [2.75, 3.05) is 20.0 Å². The molecule has 4 aromatic rings. The predicted octanol–water partition coefficient (Wildman–Crippen LogP) is 2.48. The van der Waals surface area contributed by atoms with Gasteiger partial charge >= 0.3 is 0 Å². The SMILES string of the molecule is COc1cc(OC)cc(-c2n[nH]c3nc4ccc(N)cc4n23)c1. The first-order valence-corrected chi connectivity index (χ1v) is 7.05. The number of nitrogens with zero attached hydrogens (tertiary/aromatic N) is 3. The summed E-state index contributed by atoms with van der Waals surface area (Å²) in [5.41, 5.74) is 9.19. The molecule has 0 radical (unpaired) electrons. The molecule has 2 heterocycles. The maximum atomic E-state index is 5.91. The Morgan fingerprint density at radius 2 is 1.78 bits per heavy atom. The van der Waals surface area contributed by atoms with Crippen LogP contribution in [0.1, 0.15) is 0 Å². The molecule has 0 bridgehead atoms. The Kier molecular flexibility index (Phi) is 2.87. The Balaban J connectivity index is 2.02. The van der Waals surface area contributed by atoms with Crippen LogP contribution in [0.25, 0.3) is 28.2 Å². The Labute approximate surface area is 131 Å². The molecule has 0 aliphatic rings. The minimum Gasteiger partial charge on any atom is -0.497 e. The van der Waals surface area contributed by atoms with Gasteiger partial charge in [-0.2, -0.15) is 5.10 Å². The number of imidazole rings is 1. The zero-order chi connectivity index (χ0) is 16.0. The highest BCUT2D eigenvalue weighted by Crippen LogP contribution is 2.31. The second kappa shape index (κ2) is 4.91. The van der Waals surface area contributed by atoms with Crippen LogP contribution in [-0.2, 0) is 0 Å². The maximum Gasteiger partial charge on any atom is 0.230 e. The van der Waals surface area contributed by atoms with Crippen molar-refractivity contribution in [1.29, 1.82) is 0 Å². The number of methoxy groups -OCH3 is 2. The molecule has 0 saturated carbocycles. The molecule has 0 atom stereocenters. The summed E-state index contributed by atoms with van der Waals surface area (Å²) >= 11 is 0. The van der Waals surface area contributed by atoms with Crippen molar-refractivity contribution >= 4 is 22.5 Å². The molecule has 0 aliphatic heterocycles. The molecular weight excluding hydrogens is 294 g/mol. The number of nitrogens with two attached hydrogens (primary N) is 1. The van der Waals surface area contributed by atoms with Crippen LogP contribution in [0.3, 0.4) is 0 Å². The molecule has 0 unspecified atom stereocenters. The lowest BCUT2D eigenvalue weighted by Crippen LogP contribution is -1.93. The molecule has 0 fully saturated rings. The normalized spacial score (nSPS) is 11.2. The van der Waals surface area contributed by atoms with E-state index in [-0.39, 0.29) is 0 Å². The summed E-state index contributed by atoms with van der Waals surface area (Å²) in [7, 11) is 3.23. The highest BCUT2D eigenvalue weighted by atomic mass is 16.5. The molecule has 2 aromatic heterocycles. The Hall–Kier alpha value is -3.22. The van der Waals surface area contributed by atoms with Crippen LogP contribution in [0, 0.1) is 0 Å². The van der Waals surface area contributed by atoms with Gasteiger partial charge in [0.15, 0.2) is 5.82 Å². The number of aromatic amines is 1. The van der Waals surface area contributed by atoms with E-state index in [9.17, 15) is 0 Å². The number of fused-ring (bicyclic) bond motifs is 3. The van der Waals surface area contributed by atoms with Crippen LogP contribution in [0.5, 0.6) is 11.5 Å². The number of aromatic nitrogens is 4. The van der Waals surface area contributed by atoms with Gasteiger partial charge in [-0.25, -0.2) is 10.1 Å². The summed E-state index contributed by atoms with van der Waals surface area (Å²) in [6, 6.07) is 11.2. The fourth-order valence-electron chi connectivity index (χ4n) is 2.66. The number of H-pyrrole nitrogens is 1. The smallest absolute Gasteiger partial charge is 0.230 e. The summed E-state index contributed by atoms with van der Waals surface area (Å²) in [6.07, 6.45) is 0. The monoisotopic (exact) mass is 309 g/mol. The van der Waals surface area contributed by atoms with Crippen molar-refractivity contribution in [3.8, 4) is 22.9 Å². The zero-order valence-corrected chi connectivity index (χ0v) is 12.7. The minimum atomic E-state index is 0.655. The molecule has 23 heavy (non-hydrogen) atoms. The van der Waals surface area contributed by atoms with Gasteiger partial charge in [-0.05, 0) is 30.3 Å². The quantitative estimate of drug-likeness (QED) is 0.567. The fraction of sp³-hybridized carbons (Fsp3) is 0.125. The lowest BCUT2D eigenvalue weighted by atomic mass is 10.2. The average molecular weight is 309 g/mol. The molecule has 0 spiro atoms. The highest BCUT2D eigenvalue weighted by Gasteiger charge is 2.15. The lowest BCUT2D eigenvalue weighted by molar-refractivity contribution is 0.394. The first kappa shape index (κ1) is 13.4. The summed E-state index contributed by atoms with van der Waals surface area (Å²) in [4.78, 5) is 4.51. The molecular formula is C16H15N5O2. The Morgan fingerprint density at radius 1 is 1.04 bits per heavy atom. The van der Waals surface area contributed by atoms with Crippen LogP contribution in [0.15, 0.2) is 36.4 Å². The van der Waals surface area contributed by atoms with Gasteiger partial charge in [0.2, 0.25) is 5.78 Å². The molecule has 7 heteroatoms. The molecule has 116 valence electrons. The molecule has 3 N–H and O–H groups in total. The average Bonchev–Trinajstić information content (AvgIpc) is 3.13. The standard InChI is InChI=1S/C16H15N5O2/c1-22-11-5-9(6-12(8-11)23-2)15-19-20-16-18-13-4-3-10(17)7-14(13)21(15)16/h3-8H,17H2,1-2H3,(H,18,20). The van der Waals surface area contributed by atoms with Crippen molar-refractivity contribution in [1.82, 2.24) is 19.6 Å². The predicted molar refractivity (Wildman–Crippen MR) is 87.8 cm³/mol. The lowest BCUT2D eigenvalue weighted by Gasteiger charge is -2.07. The zero-order valence-electron chi connectivity index (χ0n) is 12.7. The van der Waals surface area contributed by atoms with E-state index in [1.165, 1.54) is 0 Å². The van der Waals surface area contributed by atoms with Crippen LogP contribution in [0.4, 0.5) is 5.69 Å². The summed E-state index contributed by atoms with van der Waals surface area (Å²) in [5, 5.41) is 7.33. The van der Waals surface area contributed by atoms with Crippen LogP contribution in [0.2, 0.25) is 0 Å². The van der Waals surface area contributed by atoms with Crippen LogP contribution < -0.4 is 15.2 Å². The first-order chi connectivity index (χ1) is 11.2. The van der Waals surface area contributed by atoms with Gasteiger partial charge in [0, 0.05) is 17.3 Å². The number of benzene rings is 2. The summed E-state index contributed by atoms with van der Waals surface area (Å²) in [5.74, 6) is 2.76. The molecule has 4 rings (SSSR count). The van der Waals surface area contributed by atoms with Gasteiger partial charge in [-0.1, -0.05) is 0 Å². The number of hydrogen-bond acceptors (Lipinski definition) is 5. The van der Waals surface area contributed by atoms with Gasteiger partial charge in [-0.3, -0.25) is 4.40 Å². The highest BCUT2D eigenvalue weighted by molar-refractivity contribution is 5.84. The molecule has 0 saturated heterocycles. The van der Waals surface area contributed by atoms with Gasteiger partial charge in [0.1, 0.15) is 11.5 Å². The molecule has 2 aromatic carbocycles. The van der Waals surface area contributed by atoms with Crippen molar-refractivity contribution in [2.45, 2.75) is 0 Å². The van der Waals surface area contributed by atoms with E-state index in [2.05, 4.69) is 15.2 Å². The fourth-order valence-corrected chi connectivity index (χ4v) is 2.66. The molecule has 7 nitrogen and oxygen atoms in total. The number of hydrogen-bond donors (Lipinski definition) is 2. The number of anilines is 1. The van der Waals surface area contributed by atoms with Crippen LogP contribution in [-0.4, -0.2) is 33.8 Å². The van der Waals surface area contributed by atoms with Crippen molar-refractivity contribution in [2.24, 2.45) is 0 Å². The number of ether oxygens (including phenoxy) is 2. The third kappa shape index (κ3) is 2.05. The topological polar surface area (TPSA) is 90.5 Å². The van der Waals surface area contributed by atoms with Gasteiger partial charge < -0.3 is 15.2 Å². The Bertz CT molecular complexity index is 996. The van der Waals surface area contributed by atoms with E-state index in [1.54, 1.807) is 14.2 Å². The van der Waals surface area contributed by atoms with E-state index < -0.39 is 0 Å². The largest absolute Gasteiger partial charge is 0.497 e. The summed E-state index contributed by atoms with van der Waals surface area (Å²) in [6.45, 7) is 0.